The summed E-state index contributed by atoms with van der Waals surface area (Å²) in [7, 11) is 0. The summed E-state index contributed by atoms with van der Waals surface area (Å²) in [5, 5.41) is 0. The Morgan fingerprint density at radius 1 is 1.11 bits per heavy atom. The zero-order valence-corrected chi connectivity index (χ0v) is 10.5. The van der Waals surface area contributed by atoms with Crippen LogP contribution in [0.25, 0.3) is 0 Å². The van der Waals surface area contributed by atoms with E-state index in [-0.39, 0.29) is 5.92 Å². The molecule has 104 valence electrons. The molecule has 1 saturated carbocycles. The molecule has 0 aromatic heterocycles. The second kappa shape index (κ2) is 5.35. The van der Waals surface area contributed by atoms with Gasteiger partial charge in [0.2, 0.25) is 0 Å². The van der Waals surface area contributed by atoms with Crippen LogP contribution in [0.15, 0.2) is 30.9 Å². The molecule has 0 nitrogen and oxygen atoms in total. The van der Waals surface area contributed by atoms with Crippen LogP contribution in [0.5, 0.6) is 0 Å². The lowest BCUT2D eigenvalue weighted by Gasteiger charge is -2.27. The van der Waals surface area contributed by atoms with Crippen LogP contribution in [0.1, 0.15) is 42.7 Å². The highest BCUT2D eigenvalue weighted by molar-refractivity contribution is 5.29. The van der Waals surface area contributed by atoms with E-state index >= 15 is 0 Å². The first-order valence-corrected chi connectivity index (χ1v) is 6.41. The molecule has 0 radical (unpaired) electrons. The van der Waals surface area contributed by atoms with Crippen LogP contribution in [0, 0.1) is 11.7 Å². The topological polar surface area (TPSA) is 0 Å². The molecule has 0 unspecified atom stereocenters. The Morgan fingerprint density at radius 2 is 1.74 bits per heavy atom. The van der Waals surface area contributed by atoms with Gasteiger partial charge < -0.3 is 0 Å². The molecule has 0 amide bonds. The van der Waals surface area contributed by atoms with E-state index in [0.717, 1.165) is 37.8 Å². The first kappa shape index (κ1) is 14.1. The minimum atomic E-state index is -4.62. The van der Waals surface area contributed by atoms with E-state index < -0.39 is 17.6 Å². The van der Waals surface area contributed by atoms with E-state index in [1.807, 2.05) is 6.08 Å². The summed E-state index contributed by atoms with van der Waals surface area (Å²) in [5.74, 6) is -0.528. The number of rotatable bonds is 2. The Hall–Kier alpha value is -1.32. The lowest BCUT2D eigenvalue weighted by atomic mass is 9.78. The van der Waals surface area contributed by atoms with Crippen molar-refractivity contribution in [2.24, 2.45) is 5.92 Å². The molecule has 19 heavy (non-hydrogen) atoms. The fraction of sp³-hybridized carbons (Fsp3) is 0.467. The minimum Gasteiger partial charge on any atom is -0.206 e. The molecule has 1 fully saturated rings. The summed E-state index contributed by atoms with van der Waals surface area (Å²) in [6.07, 6.45) is 0.989. The second-order valence-corrected chi connectivity index (χ2v) is 5.08. The number of hydrogen-bond acceptors (Lipinski definition) is 0. The zero-order chi connectivity index (χ0) is 14.0. The normalized spacial score (nSPS) is 24.2. The van der Waals surface area contributed by atoms with Crippen LogP contribution in [0.4, 0.5) is 17.6 Å². The maximum Gasteiger partial charge on any atom is 0.419 e. The molecule has 0 spiro atoms. The van der Waals surface area contributed by atoms with Crippen LogP contribution < -0.4 is 0 Å². The van der Waals surface area contributed by atoms with Crippen LogP contribution in [0.3, 0.4) is 0 Å². The van der Waals surface area contributed by atoms with Crippen molar-refractivity contribution in [2.75, 3.05) is 0 Å². The highest BCUT2D eigenvalue weighted by Gasteiger charge is 2.34. The summed E-state index contributed by atoms with van der Waals surface area (Å²) < 4.78 is 50.9. The fourth-order valence-corrected chi connectivity index (χ4v) is 2.70. The quantitative estimate of drug-likeness (QED) is 0.506. The van der Waals surface area contributed by atoms with Crippen LogP contribution in [-0.2, 0) is 6.18 Å². The Morgan fingerprint density at radius 3 is 2.21 bits per heavy atom. The Kier molecular flexibility index (Phi) is 3.97. The van der Waals surface area contributed by atoms with Gasteiger partial charge in [-0.15, -0.1) is 6.58 Å². The van der Waals surface area contributed by atoms with Gasteiger partial charge in [0.1, 0.15) is 5.82 Å². The average molecular weight is 272 g/mol. The van der Waals surface area contributed by atoms with Gasteiger partial charge in [-0.1, -0.05) is 12.1 Å². The van der Waals surface area contributed by atoms with Crippen LogP contribution >= 0.6 is 0 Å². The van der Waals surface area contributed by atoms with Gasteiger partial charge in [-0.3, -0.25) is 0 Å². The lowest BCUT2D eigenvalue weighted by Crippen LogP contribution is -2.13. The largest absolute Gasteiger partial charge is 0.419 e. The molecule has 0 atom stereocenters. The van der Waals surface area contributed by atoms with Crippen molar-refractivity contribution < 1.29 is 17.6 Å². The molecule has 1 aliphatic rings. The van der Waals surface area contributed by atoms with Gasteiger partial charge in [-0.25, -0.2) is 4.39 Å². The Balaban J connectivity index is 2.15. The zero-order valence-electron chi connectivity index (χ0n) is 10.5. The van der Waals surface area contributed by atoms with E-state index in [4.69, 9.17) is 0 Å². The summed E-state index contributed by atoms with van der Waals surface area (Å²) >= 11 is 0. The molecule has 0 bridgehead atoms. The lowest BCUT2D eigenvalue weighted by molar-refractivity contribution is -0.140. The molecular weight excluding hydrogens is 256 g/mol. The van der Waals surface area contributed by atoms with E-state index in [0.29, 0.717) is 11.5 Å². The first-order chi connectivity index (χ1) is 8.91. The third kappa shape index (κ3) is 3.17. The fourth-order valence-electron chi connectivity index (χ4n) is 2.70. The number of alkyl halides is 3. The van der Waals surface area contributed by atoms with Crippen molar-refractivity contribution in [3.63, 3.8) is 0 Å². The van der Waals surface area contributed by atoms with Crippen molar-refractivity contribution in [3.05, 3.63) is 47.8 Å². The molecular formula is C15H16F4. The van der Waals surface area contributed by atoms with Crippen molar-refractivity contribution in [2.45, 2.75) is 37.8 Å². The monoisotopic (exact) mass is 272 g/mol. The molecule has 2 rings (SSSR count). The van der Waals surface area contributed by atoms with Crippen molar-refractivity contribution in [1.82, 2.24) is 0 Å². The predicted molar refractivity (Wildman–Crippen MR) is 66.3 cm³/mol. The van der Waals surface area contributed by atoms with Crippen LogP contribution in [-0.4, -0.2) is 0 Å². The number of benzene rings is 1. The molecule has 1 aromatic rings. The maximum absolute atomic E-state index is 13.5. The third-order valence-electron chi connectivity index (χ3n) is 3.88. The summed E-state index contributed by atoms with van der Waals surface area (Å²) in [6.45, 7) is 3.75. The molecule has 0 saturated heterocycles. The van der Waals surface area contributed by atoms with Gasteiger partial charge in [0.25, 0.3) is 0 Å². The van der Waals surface area contributed by atoms with Gasteiger partial charge in [0.05, 0.1) is 5.56 Å². The highest BCUT2D eigenvalue weighted by Crippen LogP contribution is 2.38. The van der Waals surface area contributed by atoms with Crippen molar-refractivity contribution >= 4 is 0 Å². The third-order valence-corrected chi connectivity index (χ3v) is 3.88. The predicted octanol–water partition coefficient (Wildman–Crippen LogP) is 5.30. The SMILES string of the molecule is C=CC1CCC(c2ccc(C(F)(F)F)c(F)c2)CC1. The molecule has 1 aliphatic carbocycles. The van der Waals surface area contributed by atoms with Gasteiger partial charge in [0, 0.05) is 0 Å². The van der Waals surface area contributed by atoms with Gasteiger partial charge >= 0.3 is 6.18 Å². The first-order valence-electron chi connectivity index (χ1n) is 6.41. The molecule has 0 heterocycles. The van der Waals surface area contributed by atoms with E-state index in [1.165, 1.54) is 6.07 Å². The van der Waals surface area contributed by atoms with Crippen LogP contribution in [0.2, 0.25) is 0 Å². The van der Waals surface area contributed by atoms with Gasteiger partial charge in [0.15, 0.2) is 0 Å². The van der Waals surface area contributed by atoms with Gasteiger partial charge in [-0.05, 0) is 55.2 Å². The highest BCUT2D eigenvalue weighted by atomic mass is 19.4. The summed E-state index contributed by atoms with van der Waals surface area (Å²) in [5.41, 5.74) is -0.510. The van der Waals surface area contributed by atoms with Crippen molar-refractivity contribution in [3.8, 4) is 0 Å². The summed E-state index contributed by atoms with van der Waals surface area (Å²) in [6, 6.07) is 3.30. The van der Waals surface area contributed by atoms with Crippen molar-refractivity contribution in [1.29, 1.82) is 0 Å². The Labute approximate surface area is 110 Å². The molecule has 0 aliphatic heterocycles. The minimum absolute atomic E-state index is 0.160. The Bertz CT molecular complexity index is 454. The summed E-state index contributed by atoms with van der Waals surface area (Å²) in [4.78, 5) is 0. The molecule has 1 aromatic carbocycles. The average Bonchev–Trinajstić information content (AvgIpc) is 2.37. The maximum atomic E-state index is 13.5. The smallest absolute Gasteiger partial charge is 0.206 e. The second-order valence-electron chi connectivity index (χ2n) is 5.08. The van der Waals surface area contributed by atoms with E-state index in [9.17, 15) is 17.6 Å². The number of halogens is 4. The van der Waals surface area contributed by atoms with E-state index in [2.05, 4.69) is 6.58 Å². The van der Waals surface area contributed by atoms with Gasteiger partial charge in [-0.2, -0.15) is 13.2 Å². The van der Waals surface area contributed by atoms with E-state index in [1.54, 1.807) is 0 Å². The molecule has 0 N–H and O–H groups in total. The standard InChI is InChI=1S/C15H16F4/c1-2-10-3-5-11(6-4-10)12-7-8-13(14(16)9-12)15(17,18)19/h2,7-11H,1,3-6H2. The number of hydrogen-bond donors (Lipinski definition) is 0. The number of allylic oxidation sites excluding steroid dienone is 1. The molecule has 4 heteroatoms.